The highest BCUT2D eigenvalue weighted by atomic mass is 16.2. The molecule has 2 fully saturated rings. The van der Waals surface area contributed by atoms with Crippen LogP contribution in [-0.4, -0.2) is 17.8 Å². The van der Waals surface area contributed by atoms with Crippen LogP contribution in [0.5, 0.6) is 0 Å². The van der Waals surface area contributed by atoms with E-state index in [1.54, 1.807) is 24.3 Å². The van der Waals surface area contributed by atoms with Gasteiger partial charge in [-0.25, -0.2) is 4.79 Å². The Kier molecular flexibility index (Phi) is 4.03. The van der Waals surface area contributed by atoms with E-state index in [1.165, 1.54) is 6.42 Å². The number of hydrogen-bond acceptors (Lipinski definition) is 3. The van der Waals surface area contributed by atoms with Gasteiger partial charge in [0.1, 0.15) is 0 Å². The van der Waals surface area contributed by atoms with E-state index in [9.17, 15) is 14.4 Å². The zero-order chi connectivity index (χ0) is 16.4. The summed E-state index contributed by atoms with van der Waals surface area (Å²) in [7, 11) is 0. The maximum Gasteiger partial charge on any atom is 0.328 e. The maximum atomic E-state index is 12.8. The van der Waals surface area contributed by atoms with Crippen molar-refractivity contribution < 1.29 is 14.4 Å². The Labute approximate surface area is 135 Å². The fourth-order valence-electron chi connectivity index (χ4n) is 3.65. The first-order valence-corrected chi connectivity index (χ1v) is 7.98. The molecule has 0 aromatic heterocycles. The molecule has 1 aliphatic heterocycles. The van der Waals surface area contributed by atoms with E-state index < -0.39 is 23.3 Å². The van der Waals surface area contributed by atoms with Crippen LogP contribution in [0, 0.1) is 0 Å². The third-order valence-electron chi connectivity index (χ3n) is 4.89. The number of barbiturate groups is 1. The average Bonchev–Trinajstić information content (AvgIpc) is 2.56. The largest absolute Gasteiger partial charge is 0.328 e. The molecule has 5 nitrogen and oxygen atoms in total. The zero-order valence-electron chi connectivity index (χ0n) is 13.1. The second-order valence-corrected chi connectivity index (χ2v) is 6.14. The monoisotopic (exact) mass is 312 g/mol. The minimum atomic E-state index is -1.46. The van der Waals surface area contributed by atoms with Crippen LogP contribution in [0.15, 0.2) is 41.5 Å². The van der Waals surface area contributed by atoms with Crippen molar-refractivity contribution in [1.29, 1.82) is 0 Å². The summed E-state index contributed by atoms with van der Waals surface area (Å²) in [5.41, 5.74) is 1.05. The first kappa shape index (κ1) is 15.5. The Morgan fingerprint density at radius 2 is 1.48 bits per heavy atom. The number of carbonyl (C=O) groups excluding carboxylic acids is 3. The number of rotatable bonds is 2. The molecule has 120 valence electrons. The van der Waals surface area contributed by atoms with E-state index in [2.05, 4.69) is 10.6 Å². The number of benzene rings is 1. The number of amides is 4. The van der Waals surface area contributed by atoms with Gasteiger partial charge in [-0.2, -0.15) is 0 Å². The van der Waals surface area contributed by atoms with Gasteiger partial charge >= 0.3 is 6.03 Å². The Hall–Kier alpha value is -2.43. The first-order valence-electron chi connectivity index (χ1n) is 7.98. The number of imide groups is 2. The lowest BCUT2D eigenvalue weighted by atomic mass is 9.69. The van der Waals surface area contributed by atoms with Gasteiger partial charge in [0.05, 0.1) is 0 Å². The van der Waals surface area contributed by atoms with Gasteiger partial charge in [0.15, 0.2) is 5.41 Å². The molecule has 1 aliphatic carbocycles. The molecule has 0 spiro atoms. The Morgan fingerprint density at radius 1 is 0.913 bits per heavy atom. The Morgan fingerprint density at radius 3 is 2.04 bits per heavy atom. The van der Waals surface area contributed by atoms with Crippen LogP contribution >= 0.6 is 0 Å². The first-order chi connectivity index (χ1) is 11.1. The van der Waals surface area contributed by atoms with Crippen molar-refractivity contribution in [3.63, 3.8) is 0 Å². The fraction of sp³-hybridized carbons (Fsp3) is 0.389. The molecule has 1 heterocycles. The molecule has 1 saturated heterocycles. The van der Waals surface area contributed by atoms with Crippen molar-refractivity contribution in [2.24, 2.45) is 0 Å². The zero-order valence-corrected chi connectivity index (χ0v) is 13.1. The average molecular weight is 312 g/mol. The number of carbonyl (C=O) groups is 3. The maximum absolute atomic E-state index is 12.8. The summed E-state index contributed by atoms with van der Waals surface area (Å²) in [6.07, 6.45) is 5.11. The molecule has 0 atom stereocenters. The van der Waals surface area contributed by atoms with Gasteiger partial charge in [0.2, 0.25) is 0 Å². The van der Waals surface area contributed by atoms with Gasteiger partial charge < -0.3 is 0 Å². The van der Waals surface area contributed by atoms with Crippen LogP contribution in [0.1, 0.15) is 44.6 Å². The van der Waals surface area contributed by atoms with Crippen LogP contribution in [0.4, 0.5) is 4.79 Å². The van der Waals surface area contributed by atoms with E-state index in [1.807, 2.05) is 13.0 Å². The number of urea groups is 1. The Balaban J connectivity index is 2.20. The van der Waals surface area contributed by atoms with Crippen LogP contribution < -0.4 is 10.6 Å². The summed E-state index contributed by atoms with van der Waals surface area (Å²) in [6.45, 7) is 1.85. The van der Waals surface area contributed by atoms with Crippen molar-refractivity contribution in [1.82, 2.24) is 10.6 Å². The molecule has 2 aliphatic rings. The molecular formula is C18H20N2O3. The normalized spacial score (nSPS) is 20.7. The predicted molar refractivity (Wildman–Crippen MR) is 85.6 cm³/mol. The van der Waals surface area contributed by atoms with Crippen molar-refractivity contribution in [2.45, 2.75) is 44.4 Å². The quantitative estimate of drug-likeness (QED) is 0.651. The molecule has 4 amide bonds. The van der Waals surface area contributed by atoms with E-state index in [-0.39, 0.29) is 0 Å². The van der Waals surface area contributed by atoms with E-state index in [4.69, 9.17) is 0 Å². The summed E-state index contributed by atoms with van der Waals surface area (Å²) >= 11 is 0. The highest BCUT2D eigenvalue weighted by molar-refractivity contribution is 6.25. The van der Waals surface area contributed by atoms with E-state index in [0.717, 1.165) is 36.8 Å². The number of hydrogen-bond donors (Lipinski definition) is 2. The molecule has 1 aromatic rings. The lowest BCUT2D eigenvalue weighted by molar-refractivity contribution is -0.136. The molecule has 23 heavy (non-hydrogen) atoms. The van der Waals surface area contributed by atoms with Gasteiger partial charge in [-0.05, 0) is 43.7 Å². The van der Waals surface area contributed by atoms with Gasteiger partial charge in [-0.15, -0.1) is 0 Å². The van der Waals surface area contributed by atoms with Gasteiger partial charge in [0.25, 0.3) is 11.8 Å². The van der Waals surface area contributed by atoms with Crippen LogP contribution in [0.25, 0.3) is 0 Å². The Bertz CT molecular complexity index is 663. The van der Waals surface area contributed by atoms with Crippen LogP contribution in [0.2, 0.25) is 0 Å². The summed E-state index contributed by atoms with van der Waals surface area (Å²) in [4.78, 5) is 37.1. The molecule has 5 heteroatoms. The van der Waals surface area contributed by atoms with Gasteiger partial charge in [-0.3, -0.25) is 20.2 Å². The van der Waals surface area contributed by atoms with E-state index >= 15 is 0 Å². The van der Waals surface area contributed by atoms with Gasteiger partial charge in [0, 0.05) is 0 Å². The SMILES string of the molecule is CC(=C1CCCCC1)C1(c2ccccc2)C(=O)NC(=O)NC1=O. The molecule has 0 radical (unpaired) electrons. The lowest BCUT2D eigenvalue weighted by Crippen LogP contribution is -2.65. The summed E-state index contributed by atoms with van der Waals surface area (Å²) in [5, 5.41) is 4.55. The highest BCUT2D eigenvalue weighted by Gasteiger charge is 2.53. The van der Waals surface area contributed by atoms with Crippen molar-refractivity contribution in [3.05, 3.63) is 47.0 Å². The van der Waals surface area contributed by atoms with Crippen molar-refractivity contribution in [2.75, 3.05) is 0 Å². The molecule has 0 bridgehead atoms. The fourth-order valence-corrected chi connectivity index (χ4v) is 3.65. The summed E-state index contributed by atoms with van der Waals surface area (Å²) in [5.74, 6) is -1.12. The van der Waals surface area contributed by atoms with Crippen molar-refractivity contribution >= 4 is 17.8 Å². The van der Waals surface area contributed by atoms with Gasteiger partial charge in [-0.1, -0.05) is 42.3 Å². The second kappa shape index (κ2) is 5.99. The summed E-state index contributed by atoms with van der Waals surface area (Å²) in [6, 6.07) is 8.21. The smallest absolute Gasteiger partial charge is 0.276 e. The predicted octanol–water partition coefficient (Wildman–Crippen LogP) is 2.57. The standard InChI is InChI=1S/C18H20N2O3/c1-12(13-8-4-2-5-9-13)18(14-10-6-3-7-11-14)15(21)19-17(23)20-16(18)22/h3,6-7,10-11H,2,4-5,8-9H2,1H3,(H2,19,20,21,22,23). The topological polar surface area (TPSA) is 75.3 Å². The number of nitrogens with one attached hydrogen (secondary N) is 2. The third-order valence-corrected chi connectivity index (χ3v) is 4.89. The van der Waals surface area contributed by atoms with Crippen molar-refractivity contribution in [3.8, 4) is 0 Å². The van der Waals surface area contributed by atoms with Crippen LogP contribution in [0.3, 0.4) is 0 Å². The van der Waals surface area contributed by atoms with Crippen LogP contribution in [-0.2, 0) is 15.0 Å². The molecule has 1 saturated carbocycles. The minimum Gasteiger partial charge on any atom is -0.276 e. The lowest BCUT2D eigenvalue weighted by Gasteiger charge is -2.37. The molecule has 0 unspecified atom stereocenters. The third kappa shape index (κ3) is 2.46. The molecule has 1 aromatic carbocycles. The van der Waals surface area contributed by atoms with E-state index in [0.29, 0.717) is 5.56 Å². The second-order valence-electron chi connectivity index (χ2n) is 6.14. The summed E-state index contributed by atoms with van der Waals surface area (Å²) < 4.78 is 0. The highest BCUT2D eigenvalue weighted by Crippen LogP contribution is 2.39. The molecule has 3 rings (SSSR count). The number of allylic oxidation sites excluding steroid dienone is 1. The minimum absolute atomic E-state index is 0.562. The molecular weight excluding hydrogens is 292 g/mol. The molecule has 2 N–H and O–H groups in total.